The molecule has 0 fully saturated rings. The Hall–Kier alpha value is -2.69. The largest absolute Gasteiger partial charge is 0.351 e. The highest BCUT2D eigenvalue weighted by atomic mass is 16.2. The van der Waals surface area contributed by atoms with Gasteiger partial charge in [-0.3, -0.25) is 14.6 Å². The summed E-state index contributed by atoms with van der Waals surface area (Å²) < 4.78 is 0. The highest BCUT2D eigenvalue weighted by Crippen LogP contribution is 2.21. The van der Waals surface area contributed by atoms with Crippen molar-refractivity contribution in [3.8, 4) is 0 Å². The zero-order valence-electron chi connectivity index (χ0n) is 14.3. The third kappa shape index (κ3) is 4.19. The summed E-state index contributed by atoms with van der Waals surface area (Å²) in [6.07, 6.45) is 3.16. The average molecular weight is 325 g/mol. The summed E-state index contributed by atoms with van der Waals surface area (Å²) in [7, 11) is 0. The SMILES string of the molecule is CCCNC(=O)c1cc(C(=O)Nc2c(C)cccc2CC)ccn1. The first-order valence-corrected chi connectivity index (χ1v) is 8.20. The Bertz CT molecular complexity index is 741. The molecule has 2 rings (SSSR count). The Morgan fingerprint density at radius 3 is 2.62 bits per heavy atom. The standard InChI is InChI=1S/C19H23N3O2/c1-4-10-21-19(24)16-12-15(9-11-20-16)18(23)22-17-13(3)7-6-8-14(17)5-2/h6-9,11-12H,4-5,10H2,1-3H3,(H,21,24)(H,22,23). The van der Waals surface area contributed by atoms with E-state index in [-0.39, 0.29) is 17.5 Å². The smallest absolute Gasteiger partial charge is 0.269 e. The van der Waals surface area contributed by atoms with Crippen LogP contribution in [0.4, 0.5) is 5.69 Å². The first-order valence-electron chi connectivity index (χ1n) is 8.20. The molecule has 0 aliphatic rings. The Balaban J connectivity index is 2.21. The molecule has 2 aromatic rings. The number of nitrogens with one attached hydrogen (secondary N) is 2. The third-order valence-corrected chi connectivity index (χ3v) is 3.77. The normalized spacial score (nSPS) is 10.3. The summed E-state index contributed by atoms with van der Waals surface area (Å²) in [5.41, 5.74) is 3.59. The van der Waals surface area contributed by atoms with Crippen molar-refractivity contribution in [1.82, 2.24) is 10.3 Å². The van der Waals surface area contributed by atoms with Gasteiger partial charge in [-0.1, -0.05) is 32.0 Å². The van der Waals surface area contributed by atoms with Gasteiger partial charge in [-0.05, 0) is 43.0 Å². The fourth-order valence-electron chi connectivity index (χ4n) is 2.41. The quantitative estimate of drug-likeness (QED) is 0.855. The van der Waals surface area contributed by atoms with Gasteiger partial charge in [0, 0.05) is 24.0 Å². The number of carbonyl (C=O) groups is 2. The van der Waals surface area contributed by atoms with Crippen molar-refractivity contribution in [2.45, 2.75) is 33.6 Å². The first-order chi connectivity index (χ1) is 11.6. The molecule has 0 saturated heterocycles. The molecule has 126 valence electrons. The predicted molar refractivity (Wildman–Crippen MR) is 95.4 cm³/mol. The van der Waals surface area contributed by atoms with Gasteiger partial charge in [0.25, 0.3) is 11.8 Å². The lowest BCUT2D eigenvalue weighted by molar-refractivity contribution is 0.0948. The maximum absolute atomic E-state index is 12.6. The molecule has 0 spiro atoms. The summed E-state index contributed by atoms with van der Waals surface area (Å²) in [6, 6.07) is 9.07. The maximum Gasteiger partial charge on any atom is 0.269 e. The zero-order valence-corrected chi connectivity index (χ0v) is 14.3. The number of aryl methyl sites for hydroxylation is 2. The van der Waals surface area contributed by atoms with Gasteiger partial charge in [0.1, 0.15) is 5.69 Å². The van der Waals surface area contributed by atoms with E-state index in [0.29, 0.717) is 12.1 Å². The molecule has 0 saturated carbocycles. The molecular formula is C19H23N3O2. The van der Waals surface area contributed by atoms with Crippen molar-refractivity contribution in [3.63, 3.8) is 0 Å². The van der Waals surface area contributed by atoms with Crippen LogP contribution in [-0.4, -0.2) is 23.3 Å². The van der Waals surface area contributed by atoms with Gasteiger partial charge in [0.2, 0.25) is 0 Å². The molecule has 0 radical (unpaired) electrons. The number of aromatic nitrogens is 1. The Labute approximate surface area is 142 Å². The minimum Gasteiger partial charge on any atom is -0.351 e. The molecule has 0 unspecified atom stereocenters. The number of nitrogens with zero attached hydrogens (tertiary/aromatic N) is 1. The van der Waals surface area contributed by atoms with Crippen LogP contribution < -0.4 is 10.6 Å². The molecule has 5 nitrogen and oxygen atoms in total. The van der Waals surface area contributed by atoms with Crippen LogP contribution in [0.5, 0.6) is 0 Å². The van der Waals surface area contributed by atoms with Gasteiger partial charge in [0.15, 0.2) is 0 Å². The number of benzene rings is 1. The Morgan fingerprint density at radius 2 is 1.92 bits per heavy atom. The molecule has 1 aromatic carbocycles. The van der Waals surface area contributed by atoms with Crippen molar-refractivity contribution in [1.29, 1.82) is 0 Å². The summed E-state index contributed by atoms with van der Waals surface area (Å²) >= 11 is 0. The van der Waals surface area contributed by atoms with E-state index in [2.05, 4.69) is 15.6 Å². The second-order valence-electron chi connectivity index (χ2n) is 5.60. The van der Waals surface area contributed by atoms with Crippen molar-refractivity contribution in [3.05, 3.63) is 58.9 Å². The van der Waals surface area contributed by atoms with E-state index in [0.717, 1.165) is 29.7 Å². The van der Waals surface area contributed by atoms with Crippen LogP contribution in [0, 0.1) is 6.92 Å². The molecule has 2 N–H and O–H groups in total. The third-order valence-electron chi connectivity index (χ3n) is 3.77. The van der Waals surface area contributed by atoms with Gasteiger partial charge in [-0.2, -0.15) is 0 Å². The summed E-state index contributed by atoms with van der Waals surface area (Å²) in [5.74, 6) is -0.511. The molecular weight excluding hydrogens is 302 g/mol. The van der Waals surface area contributed by atoms with Gasteiger partial charge >= 0.3 is 0 Å². The molecule has 5 heteroatoms. The van der Waals surface area contributed by atoms with Crippen molar-refractivity contribution in [2.75, 3.05) is 11.9 Å². The van der Waals surface area contributed by atoms with Gasteiger partial charge < -0.3 is 10.6 Å². The number of amides is 2. The van der Waals surface area contributed by atoms with E-state index in [4.69, 9.17) is 0 Å². The number of para-hydroxylation sites is 1. The number of carbonyl (C=O) groups excluding carboxylic acids is 2. The van der Waals surface area contributed by atoms with Crippen LogP contribution >= 0.6 is 0 Å². The molecule has 2 amide bonds. The van der Waals surface area contributed by atoms with E-state index in [1.165, 1.54) is 12.3 Å². The summed E-state index contributed by atoms with van der Waals surface area (Å²) in [5, 5.41) is 5.72. The fraction of sp³-hybridized carbons (Fsp3) is 0.316. The Morgan fingerprint density at radius 1 is 1.12 bits per heavy atom. The van der Waals surface area contributed by atoms with Crippen molar-refractivity contribution >= 4 is 17.5 Å². The van der Waals surface area contributed by atoms with E-state index in [9.17, 15) is 9.59 Å². The lowest BCUT2D eigenvalue weighted by Gasteiger charge is -2.13. The topological polar surface area (TPSA) is 71.1 Å². The highest BCUT2D eigenvalue weighted by molar-refractivity contribution is 6.06. The van der Waals surface area contributed by atoms with Crippen LogP contribution in [0.2, 0.25) is 0 Å². The van der Waals surface area contributed by atoms with Crippen LogP contribution in [-0.2, 0) is 6.42 Å². The highest BCUT2D eigenvalue weighted by Gasteiger charge is 2.13. The zero-order chi connectivity index (χ0) is 17.5. The molecule has 0 atom stereocenters. The van der Waals surface area contributed by atoms with Gasteiger partial charge in [-0.25, -0.2) is 0 Å². The van der Waals surface area contributed by atoms with E-state index >= 15 is 0 Å². The van der Waals surface area contributed by atoms with E-state index in [1.807, 2.05) is 39.0 Å². The monoisotopic (exact) mass is 325 g/mol. The summed E-state index contributed by atoms with van der Waals surface area (Å²) in [6.45, 7) is 6.57. The number of hydrogen-bond donors (Lipinski definition) is 2. The number of hydrogen-bond acceptors (Lipinski definition) is 3. The first kappa shape index (κ1) is 17.7. The minimum atomic E-state index is -0.267. The molecule has 24 heavy (non-hydrogen) atoms. The van der Waals surface area contributed by atoms with Crippen LogP contribution in [0.15, 0.2) is 36.5 Å². The van der Waals surface area contributed by atoms with E-state index < -0.39 is 0 Å². The molecule has 1 aromatic heterocycles. The van der Waals surface area contributed by atoms with Gasteiger partial charge in [-0.15, -0.1) is 0 Å². The van der Waals surface area contributed by atoms with Crippen LogP contribution in [0.3, 0.4) is 0 Å². The number of rotatable bonds is 6. The minimum absolute atomic E-state index is 0.244. The molecule has 0 bridgehead atoms. The second-order valence-corrected chi connectivity index (χ2v) is 5.60. The number of anilines is 1. The molecule has 1 heterocycles. The average Bonchev–Trinajstić information content (AvgIpc) is 2.61. The van der Waals surface area contributed by atoms with Crippen molar-refractivity contribution in [2.24, 2.45) is 0 Å². The summed E-state index contributed by atoms with van der Waals surface area (Å²) in [4.78, 5) is 28.6. The van der Waals surface area contributed by atoms with Crippen LogP contribution in [0.1, 0.15) is 52.2 Å². The van der Waals surface area contributed by atoms with Crippen molar-refractivity contribution < 1.29 is 9.59 Å². The fourth-order valence-corrected chi connectivity index (χ4v) is 2.41. The maximum atomic E-state index is 12.6. The predicted octanol–water partition coefficient (Wildman–Crippen LogP) is 3.34. The molecule has 0 aliphatic carbocycles. The molecule has 0 aliphatic heterocycles. The Kier molecular flexibility index (Phi) is 6.07. The lowest BCUT2D eigenvalue weighted by atomic mass is 10.1. The van der Waals surface area contributed by atoms with Crippen LogP contribution in [0.25, 0.3) is 0 Å². The van der Waals surface area contributed by atoms with Gasteiger partial charge in [0.05, 0.1) is 0 Å². The van der Waals surface area contributed by atoms with E-state index in [1.54, 1.807) is 6.07 Å². The number of pyridine rings is 1. The lowest BCUT2D eigenvalue weighted by Crippen LogP contribution is -2.25. The second kappa shape index (κ2) is 8.24.